The van der Waals surface area contributed by atoms with Crippen LogP contribution in [0.4, 0.5) is 0 Å². The normalized spacial score (nSPS) is 11.4. The molecule has 6 heteroatoms. The maximum absolute atomic E-state index is 11.8. The number of ether oxygens (including phenoxy) is 4. The molecule has 0 aromatic heterocycles. The van der Waals surface area contributed by atoms with Gasteiger partial charge >= 0.3 is 11.9 Å². The second-order valence-corrected chi connectivity index (χ2v) is 4.79. The van der Waals surface area contributed by atoms with Crippen LogP contribution >= 0.6 is 0 Å². The molecule has 0 aliphatic heterocycles. The number of Topliss-reactive ketones (excluding diaryl/α,β-unsaturated/α-hetero) is 1. The molecule has 0 N–H and O–H groups in total. The molecule has 0 saturated carbocycles. The SMILES string of the molecule is CCCOCC(OCCC)(OCCC)OC(=O)CC(C)=O. The standard InChI is InChI=1S/C15H28O6/c1-5-8-18-12-15(19-9-6-2,20-10-7-3)21-14(17)11-13(4)16/h5-12H2,1-4H3. The van der Waals surface area contributed by atoms with Crippen LogP contribution in [-0.4, -0.2) is 44.2 Å². The molecule has 0 aromatic carbocycles. The Kier molecular flexibility index (Phi) is 11.1. The van der Waals surface area contributed by atoms with E-state index in [1.165, 1.54) is 6.92 Å². The van der Waals surface area contributed by atoms with Gasteiger partial charge in [-0.1, -0.05) is 20.8 Å². The molecule has 0 saturated heterocycles. The highest BCUT2D eigenvalue weighted by Crippen LogP contribution is 2.19. The van der Waals surface area contributed by atoms with Gasteiger partial charge in [-0.3, -0.25) is 9.59 Å². The summed E-state index contributed by atoms with van der Waals surface area (Å²) in [5.74, 6) is -2.50. The monoisotopic (exact) mass is 304 g/mol. The summed E-state index contributed by atoms with van der Waals surface area (Å²) in [6.07, 6.45) is 2.02. The van der Waals surface area contributed by atoms with Crippen LogP contribution in [0, 0.1) is 0 Å². The van der Waals surface area contributed by atoms with Gasteiger partial charge in [0.25, 0.3) is 0 Å². The highest BCUT2D eigenvalue weighted by molar-refractivity contribution is 5.94. The zero-order valence-electron chi connectivity index (χ0n) is 13.6. The maximum atomic E-state index is 11.8. The van der Waals surface area contributed by atoms with Gasteiger partial charge < -0.3 is 18.9 Å². The van der Waals surface area contributed by atoms with E-state index in [1.54, 1.807) is 0 Å². The van der Waals surface area contributed by atoms with E-state index in [4.69, 9.17) is 18.9 Å². The Bertz CT molecular complexity index is 295. The predicted molar refractivity (Wildman–Crippen MR) is 77.7 cm³/mol. The van der Waals surface area contributed by atoms with Crippen molar-refractivity contribution in [2.45, 2.75) is 59.4 Å². The zero-order chi connectivity index (χ0) is 16.1. The van der Waals surface area contributed by atoms with Gasteiger partial charge in [0.15, 0.2) is 0 Å². The first-order valence-corrected chi connectivity index (χ1v) is 7.56. The summed E-state index contributed by atoms with van der Waals surface area (Å²) in [5, 5.41) is 0. The van der Waals surface area contributed by atoms with Gasteiger partial charge in [-0.05, 0) is 26.2 Å². The van der Waals surface area contributed by atoms with Crippen LogP contribution < -0.4 is 0 Å². The van der Waals surface area contributed by atoms with E-state index in [0.29, 0.717) is 19.8 Å². The summed E-state index contributed by atoms with van der Waals surface area (Å²) in [6, 6.07) is 0. The average molecular weight is 304 g/mol. The predicted octanol–water partition coefficient (Wildman–Crippen LogP) is 2.44. The van der Waals surface area contributed by atoms with Crippen molar-refractivity contribution in [1.29, 1.82) is 0 Å². The van der Waals surface area contributed by atoms with Gasteiger partial charge in [0, 0.05) is 6.61 Å². The van der Waals surface area contributed by atoms with Crippen LogP contribution in [0.15, 0.2) is 0 Å². The fraction of sp³-hybridized carbons (Fsp3) is 0.867. The van der Waals surface area contributed by atoms with Gasteiger partial charge in [0.2, 0.25) is 0 Å². The molecule has 0 atom stereocenters. The molecule has 21 heavy (non-hydrogen) atoms. The van der Waals surface area contributed by atoms with Crippen LogP contribution in [0.5, 0.6) is 0 Å². The van der Waals surface area contributed by atoms with E-state index < -0.39 is 11.9 Å². The number of hydrogen-bond acceptors (Lipinski definition) is 6. The first kappa shape index (κ1) is 20.0. The van der Waals surface area contributed by atoms with E-state index in [-0.39, 0.29) is 18.8 Å². The lowest BCUT2D eigenvalue weighted by atomic mass is 10.3. The molecule has 0 fully saturated rings. The molecule has 0 bridgehead atoms. The number of hydrogen-bond donors (Lipinski definition) is 0. The quantitative estimate of drug-likeness (QED) is 0.225. The number of ketones is 1. The summed E-state index contributed by atoms with van der Waals surface area (Å²) < 4.78 is 21.9. The van der Waals surface area contributed by atoms with Crippen molar-refractivity contribution in [3.63, 3.8) is 0 Å². The lowest BCUT2D eigenvalue weighted by Gasteiger charge is -2.32. The fourth-order valence-electron chi connectivity index (χ4n) is 1.48. The summed E-state index contributed by atoms with van der Waals surface area (Å²) in [4.78, 5) is 22.8. The summed E-state index contributed by atoms with van der Waals surface area (Å²) in [5.41, 5.74) is 0. The number of esters is 1. The van der Waals surface area contributed by atoms with E-state index in [0.717, 1.165) is 19.3 Å². The second-order valence-electron chi connectivity index (χ2n) is 4.79. The first-order chi connectivity index (χ1) is 9.99. The zero-order valence-corrected chi connectivity index (χ0v) is 13.6. The Morgan fingerprint density at radius 1 is 0.905 bits per heavy atom. The molecule has 124 valence electrons. The Hall–Kier alpha value is -0.980. The third-order valence-corrected chi connectivity index (χ3v) is 2.34. The lowest BCUT2D eigenvalue weighted by Crippen LogP contribution is -2.46. The number of rotatable bonds is 13. The van der Waals surface area contributed by atoms with Crippen molar-refractivity contribution < 1.29 is 28.5 Å². The van der Waals surface area contributed by atoms with E-state index >= 15 is 0 Å². The van der Waals surface area contributed by atoms with Crippen molar-refractivity contribution >= 4 is 11.8 Å². The molecule has 0 aliphatic rings. The highest BCUT2D eigenvalue weighted by Gasteiger charge is 2.37. The molecular formula is C15H28O6. The topological polar surface area (TPSA) is 71.1 Å². The molecular weight excluding hydrogens is 276 g/mol. The third kappa shape index (κ3) is 9.55. The molecule has 0 spiro atoms. The van der Waals surface area contributed by atoms with Crippen molar-refractivity contribution in [2.75, 3.05) is 26.4 Å². The minimum absolute atomic E-state index is 0.00944. The maximum Gasteiger partial charge on any atom is 0.354 e. The highest BCUT2D eigenvalue weighted by atomic mass is 16.9. The molecule has 0 unspecified atom stereocenters. The van der Waals surface area contributed by atoms with Gasteiger partial charge in [0.1, 0.15) is 18.8 Å². The average Bonchev–Trinajstić information content (AvgIpc) is 2.42. The van der Waals surface area contributed by atoms with Crippen molar-refractivity contribution in [3.05, 3.63) is 0 Å². The Morgan fingerprint density at radius 3 is 1.86 bits per heavy atom. The van der Waals surface area contributed by atoms with Crippen LogP contribution in [0.25, 0.3) is 0 Å². The molecule has 0 amide bonds. The fourth-order valence-corrected chi connectivity index (χ4v) is 1.48. The molecule has 0 radical (unpaired) electrons. The minimum atomic E-state index is -1.56. The third-order valence-electron chi connectivity index (χ3n) is 2.34. The van der Waals surface area contributed by atoms with Gasteiger partial charge in [-0.2, -0.15) is 0 Å². The Balaban J connectivity index is 4.83. The molecule has 0 heterocycles. The lowest BCUT2D eigenvalue weighted by molar-refractivity contribution is -0.377. The molecule has 0 rings (SSSR count). The first-order valence-electron chi connectivity index (χ1n) is 7.56. The van der Waals surface area contributed by atoms with E-state index in [2.05, 4.69) is 0 Å². The number of carbonyl (C=O) groups is 2. The van der Waals surface area contributed by atoms with E-state index in [1.807, 2.05) is 20.8 Å². The molecule has 0 aliphatic carbocycles. The Labute approximate surface area is 127 Å². The number of carbonyl (C=O) groups excluding carboxylic acids is 2. The van der Waals surface area contributed by atoms with Crippen molar-refractivity contribution in [3.8, 4) is 0 Å². The van der Waals surface area contributed by atoms with Crippen LogP contribution in [0.2, 0.25) is 0 Å². The van der Waals surface area contributed by atoms with Crippen LogP contribution in [0.1, 0.15) is 53.4 Å². The minimum Gasteiger partial charge on any atom is -0.405 e. The second kappa shape index (κ2) is 11.7. The van der Waals surface area contributed by atoms with Gasteiger partial charge in [0.05, 0.1) is 13.2 Å². The van der Waals surface area contributed by atoms with E-state index in [9.17, 15) is 9.59 Å². The summed E-state index contributed by atoms with van der Waals surface area (Å²) >= 11 is 0. The molecule has 0 aromatic rings. The molecule has 6 nitrogen and oxygen atoms in total. The smallest absolute Gasteiger partial charge is 0.354 e. The van der Waals surface area contributed by atoms with Crippen LogP contribution in [0.3, 0.4) is 0 Å². The largest absolute Gasteiger partial charge is 0.405 e. The Morgan fingerprint density at radius 2 is 1.43 bits per heavy atom. The van der Waals surface area contributed by atoms with Crippen molar-refractivity contribution in [1.82, 2.24) is 0 Å². The summed E-state index contributed by atoms with van der Waals surface area (Å²) in [6.45, 7) is 8.42. The van der Waals surface area contributed by atoms with Gasteiger partial charge in [-0.15, -0.1) is 0 Å². The van der Waals surface area contributed by atoms with Crippen LogP contribution in [-0.2, 0) is 28.5 Å². The van der Waals surface area contributed by atoms with Crippen molar-refractivity contribution in [2.24, 2.45) is 0 Å². The van der Waals surface area contributed by atoms with Gasteiger partial charge in [-0.25, -0.2) is 0 Å². The summed E-state index contributed by atoms with van der Waals surface area (Å²) in [7, 11) is 0.